The van der Waals surface area contributed by atoms with Crippen LogP contribution in [-0.4, -0.2) is 23.2 Å². The van der Waals surface area contributed by atoms with Gasteiger partial charge in [0.1, 0.15) is 11.6 Å². The average Bonchev–Trinajstić information content (AvgIpc) is 2.65. The molecule has 132 valence electrons. The van der Waals surface area contributed by atoms with Crippen LogP contribution in [-0.2, 0) is 4.74 Å². The summed E-state index contributed by atoms with van der Waals surface area (Å²) in [5, 5.41) is 2.51. The monoisotopic (exact) mass is 352 g/mol. The Bertz CT molecular complexity index is 976. The number of nitrogen functional groups attached to an aromatic ring is 1. The SMILES string of the molecule is COC(=O)Nc1cc(-c2cc(-c3cc(N)c(F)cc3C)ccn2)ccn1. The molecule has 0 aliphatic heterocycles. The fraction of sp³-hybridized carbons (Fsp3) is 0.105. The van der Waals surface area contributed by atoms with E-state index in [0.29, 0.717) is 11.5 Å². The summed E-state index contributed by atoms with van der Waals surface area (Å²) >= 11 is 0. The van der Waals surface area contributed by atoms with Crippen molar-refractivity contribution in [3.05, 3.63) is 60.2 Å². The van der Waals surface area contributed by atoms with E-state index in [1.807, 2.05) is 19.1 Å². The first-order chi connectivity index (χ1) is 12.5. The number of nitrogens with two attached hydrogens (primary N) is 1. The second-order valence-corrected chi connectivity index (χ2v) is 5.66. The topological polar surface area (TPSA) is 90.1 Å². The van der Waals surface area contributed by atoms with Gasteiger partial charge >= 0.3 is 6.09 Å². The van der Waals surface area contributed by atoms with Gasteiger partial charge in [0.15, 0.2) is 0 Å². The number of anilines is 2. The van der Waals surface area contributed by atoms with Crippen molar-refractivity contribution in [1.29, 1.82) is 0 Å². The van der Waals surface area contributed by atoms with Crippen molar-refractivity contribution in [2.45, 2.75) is 6.92 Å². The van der Waals surface area contributed by atoms with Crippen molar-refractivity contribution in [3.8, 4) is 22.4 Å². The number of amides is 1. The molecule has 1 aromatic carbocycles. The van der Waals surface area contributed by atoms with Crippen LogP contribution < -0.4 is 11.1 Å². The number of nitrogens with zero attached hydrogens (tertiary/aromatic N) is 2. The molecule has 0 aliphatic carbocycles. The van der Waals surface area contributed by atoms with Crippen LogP contribution in [0.15, 0.2) is 48.8 Å². The Kier molecular flexibility index (Phi) is 4.79. The fourth-order valence-corrected chi connectivity index (χ4v) is 2.57. The maximum absolute atomic E-state index is 13.6. The number of aromatic nitrogens is 2. The number of benzene rings is 1. The van der Waals surface area contributed by atoms with Crippen molar-refractivity contribution >= 4 is 17.6 Å². The van der Waals surface area contributed by atoms with E-state index in [1.165, 1.54) is 13.2 Å². The number of halogens is 1. The maximum atomic E-state index is 13.6. The van der Waals surface area contributed by atoms with Crippen LogP contribution in [0.1, 0.15) is 5.56 Å². The van der Waals surface area contributed by atoms with E-state index in [1.54, 1.807) is 30.6 Å². The summed E-state index contributed by atoms with van der Waals surface area (Å²) < 4.78 is 18.2. The number of rotatable bonds is 3. The largest absolute Gasteiger partial charge is 0.453 e. The number of methoxy groups -OCH3 is 1. The quantitative estimate of drug-likeness (QED) is 0.695. The minimum Gasteiger partial charge on any atom is -0.453 e. The third-order valence-electron chi connectivity index (χ3n) is 3.89. The molecule has 6 nitrogen and oxygen atoms in total. The molecule has 3 N–H and O–H groups in total. The van der Waals surface area contributed by atoms with Crippen molar-refractivity contribution in [3.63, 3.8) is 0 Å². The van der Waals surface area contributed by atoms with E-state index < -0.39 is 11.9 Å². The first-order valence-corrected chi connectivity index (χ1v) is 7.81. The lowest BCUT2D eigenvalue weighted by atomic mass is 9.99. The molecular weight excluding hydrogens is 335 g/mol. The Balaban J connectivity index is 1.99. The van der Waals surface area contributed by atoms with Gasteiger partial charge in [0.05, 0.1) is 18.5 Å². The average molecular weight is 352 g/mol. The summed E-state index contributed by atoms with van der Waals surface area (Å²) in [4.78, 5) is 19.8. The van der Waals surface area contributed by atoms with Gasteiger partial charge in [0.2, 0.25) is 0 Å². The molecule has 3 rings (SSSR count). The number of carbonyl (C=O) groups is 1. The Morgan fingerprint density at radius 1 is 1.12 bits per heavy atom. The van der Waals surface area contributed by atoms with Crippen molar-refractivity contribution in [2.75, 3.05) is 18.2 Å². The van der Waals surface area contributed by atoms with Gasteiger partial charge in [0, 0.05) is 18.0 Å². The highest BCUT2D eigenvalue weighted by molar-refractivity contribution is 5.84. The lowest BCUT2D eigenvalue weighted by Crippen LogP contribution is -2.11. The highest BCUT2D eigenvalue weighted by Gasteiger charge is 2.10. The molecule has 3 aromatic rings. The van der Waals surface area contributed by atoms with Crippen LogP contribution in [0.25, 0.3) is 22.4 Å². The molecule has 2 heterocycles. The lowest BCUT2D eigenvalue weighted by Gasteiger charge is -2.10. The summed E-state index contributed by atoms with van der Waals surface area (Å²) in [5.41, 5.74) is 9.71. The molecule has 1 amide bonds. The number of nitrogens with one attached hydrogen (secondary N) is 1. The molecule has 0 fully saturated rings. The van der Waals surface area contributed by atoms with Crippen molar-refractivity contribution in [2.24, 2.45) is 0 Å². The van der Waals surface area contributed by atoms with Gasteiger partial charge in [0.25, 0.3) is 0 Å². The van der Waals surface area contributed by atoms with Crippen LogP contribution in [0.3, 0.4) is 0 Å². The van der Waals surface area contributed by atoms with Gasteiger partial charge < -0.3 is 10.5 Å². The summed E-state index contributed by atoms with van der Waals surface area (Å²) in [6, 6.07) is 10.2. The van der Waals surface area contributed by atoms with Gasteiger partial charge in [-0.3, -0.25) is 10.3 Å². The van der Waals surface area contributed by atoms with Crippen LogP contribution in [0.4, 0.5) is 20.7 Å². The van der Waals surface area contributed by atoms with Gasteiger partial charge in [-0.15, -0.1) is 0 Å². The molecule has 7 heteroatoms. The maximum Gasteiger partial charge on any atom is 0.412 e. The van der Waals surface area contributed by atoms with E-state index in [-0.39, 0.29) is 5.69 Å². The van der Waals surface area contributed by atoms with Gasteiger partial charge in [-0.2, -0.15) is 0 Å². The Labute approximate surface area is 149 Å². The zero-order chi connectivity index (χ0) is 18.7. The van der Waals surface area contributed by atoms with Crippen LogP contribution in [0, 0.1) is 12.7 Å². The first kappa shape index (κ1) is 17.3. The molecule has 0 bridgehead atoms. The van der Waals surface area contributed by atoms with E-state index in [9.17, 15) is 9.18 Å². The number of ether oxygens (including phenoxy) is 1. The van der Waals surface area contributed by atoms with Crippen molar-refractivity contribution < 1.29 is 13.9 Å². The molecule has 0 radical (unpaired) electrons. The van der Waals surface area contributed by atoms with Gasteiger partial charge in [-0.05, 0) is 60.0 Å². The highest BCUT2D eigenvalue weighted by Crippen LogP contribution is 2.30. The lowest BCUT2D eigenvalue weighted by molar-refractivity contribution is 0.187. The molecular formula is C19H17FN4O2. The van der Waals surface area contributed by atoms with E-state index in [0.717, 1.165) is 22.3 Å². The normalized spacial score (nSPS) is 10.4. The van der Waals surface area contributed by atoms with E-state index >= 15 is 0 Å². The van der Waals surface area contributed by atoms with E-state index in [2.05, 4.69) is 20.0 Å². The molecule has 0 saturated heterocycles. The van der Waals surface area contributed by atoms with Crippen LogP contribution in [0.2, 0.25) is 0 Å². The third kappa shape index (κ3) is 3.61. The number of hydrogen-bond donors (Lipinski definition) is 2. The molecule has 2 aromatic heterocycles. The van der Waals surface area contributed by atoms with Gasteiger partial charge in [-0.1, -0.05) is 0 Å². The predicted octanol–water partition coefficient (Wildman–Crippen LogP) is 4.02. The standard InChI is InChI=1S/C19H17FN4O2/c1-11-7-15(20)16(21)10-14(11)12-3-5-22-17(8-12)13-4-6-23-18(9-13)24-19(25)26-2/h3-10H,21H2,1-2H3,(H,23,24,25). The summed E-state index contributed by atoms with van der Waals surface area (Å²) in [7, 11) is 1.28. The van der Waals surface area contributed by atoms with Crippen LogP contribution >= 0.6 is 0 Å². The van der Waals surface area contributed by atoms with Crippen LogP contribution in [0.5, 0.6) is 0 Å². The zero-order valence-electron chi connectivity index (χ0n) is 14.3. The summed E-state index contributed by atoms with van der Waals surface area (Å²) in [5.74, 6) is -0.0862. The summed E-state index contributed by atoms with van der Waals surface area (Å²) in [6.45, 7) is 1.82. The molecule has 0 saturated carbocycles. The fourth-order valence-electron chi connectivity index (χ4n) is 2.57. The number of hydrogen-bond acceptors (Lipinski definition) is 5. The zero-order valence-corrected chi connectivity index (χ0v) is 14.3. The smallest absolute Gasteiger partial charge is 0.412 e. The highest BCUT2D eigenvalue weighted by atomic mass is 19.1. The molecule has 0 atom stereocenters. The van der Waals surface area contributed by atoms with Crippen molar-refractivity contribution in [1.82, 2.24) is 9.97 Å². The van der Waals surface area contributed by atoms with Gasteiger partial charge in [-0.25, -0.2) is 14.2 Å². The molecule has 26 heavy (non-hydrogen) atoms. The Morgan fingerprint density at radius 3 is 2.62 bits per heavy atom. The first-order valence-electron chi connectivity index (χ1n) is 7.81. The summed E-state index contributed by atoms with van der Waals surface area (Å²) in [6.07, 6.45) is 2.63. The molecule has 0 aliphatic rings. The Hall–Kier alpha value is -3.48. The minimum atomic E-state index is -0.603. The number of pyridine rings is 2. The molecule has 0 unspecified atom stereocenters. The second kappa shape index (κ2) is 7.18. The predicted molar refractivity (Wildman–Crippen MR) is 98.0 cm³/mol. The third-order valence-corrected chi connectivity index (χ3v) is 3.89. The molecule has 0 spiro atoms. The number of carbonyl (C=O) groups excluding carboxylic acids is 1. The van der Waals surface area contributed by atoms with E-state index in [4.69, 9.17) is 5.73 Å². The Morgan fingerprint density at radius 2 is 1.85 bits per heavy atom. The minimum absolute atomic E-state index is 0.0948. The second-order valence-electron chi connectivity index (χ2n) is 5.66. The number of aryl methyl sites for hydroxylation is 1.